The Hall–Kier alpha value is -1.20. The molecular formula is C13H15BrFN3. The maximum atomic E-state index is 13.0. The van der Waals surface area contributed by atoms with Crippen LogP contribution in [0.2, 0.25) is 0 Å². The summed E-state index contributed by atoms with van der Waals surface area (Å²) in [5.41, 5.74) is 2.02. The molecule has 0 radical (unpaired) electrons. The Balaban J connectivity index is 2.01. The van der Waals surface area contributed by atoms with Gasteiger partial charge in [0.05, 0.1) is 5.69 Å². The van der Waals surface area contributed by atoms with Crippen molar-refractivity contribution in [2.75, 3.05) is 0 Å². The predicted molar refractivity (Wildman–Crippen MR) is 72.6 cm³/mol. The van der Waals surface area contributed by atoms with Crippen molar-refractivity contribution in [3.63, 3.8) is 0 Å². The molecule has 3 nitrogen and oxygen atoms in total. The van der Waals surface area contributed by atoms with Crippen LogP contribution in [-0.2, 0) is 13.6 Å². The molecule has 1 heterocycles. The van der Waals surface area contributed by atoms with Crippen LogP contribution in [0, 0.1) is 5.82 Å². The minimum Gasteiger partial charge on any atom is -0.304 e. The van der Waals surface area contributed by atoms with E-state index < -0.39 is 0 Å². The molecule has 1 N–H and O–H groups in total. The second-order valence-electron chi connectivity index (χ2n) is 4.25. The van der Waals surface area contributed by atoms with Gasteiger partial charge in [-0.25, -0.2) is 4.39 Å². The molecule has 2 aromatic rings. The molecule has 96 valence electrons. The zero-order chi connectivity index (χ0) is 13.1. The zero-order valence-corrected chi connectivity index (χ0v) is 11.9. The number of nitrogens with one attached hydrogen (secondary N) is 1. The van der Waals surface area contributed by atoms with Crippen molar-refractivity contribution in [2.45, 2.75) is 19.5 Å². The third-order valence-corrected chi connectivity index (χ3v) is 3.47. The number of rotatable bonds is 4. The van der Waals surface area contributed by atoms with Gasteiger partial charge in [-0.05, 0) is 30.7 Å². The first-order valence-corrected chi connectivity index (χ1v) is 6.52. The third-order valence-electron chi connectivity index (χ3n) is 2.79. The van der Waals surface area contributed by atoms with Crippen LogP contribution in [0.1, 0.15) is 24.2 Å². The predicted octanol–water partition coefficient (Wildman–Crippen LogP) is 3.17. The molecule has 0 fully saturated rings. The molecule has 18 heavy (non-hydrogen) atoms. The first-order chi connectivity index (χ1) is 8.56. The Kier molecular flexibility index (Phi) is 4.14. The largest absolute Gasteiger partial charge is 0.304 e. The molecule has 0 saturated carbocycles. The van der Waals surface area contributed by atoms with Gasteiger partial charge in [-0.2, -0.15) is 5.10 Å². The molecule has 1 aromatic carbocycles. The lowest BCUT2D eigenvalue weighted by molar-refractivity contribution is 0.557. The van der Waals surface area contributed by atoms with Gasteiger partial charge in [-0.1, -0.05) is 22.0 Å². The summed E-state index contributed by atoms with van der Waals surface area (Å²) < 4.78 is 15.6. The van der Waals surface area contributed by atoms with Crippen LogP contribution < -0.4 is 5.32 Å². The highest BCUT2D eigenvalue weighted by Gasteiger charge is 2.10. The van der Waals surface area contributed by atoms with E-state index in [4.69, 9.17) is 0 Å². The van der Waals surface area contributed by atoms with E-state index in [0.29, 0.717) is 6.54 Å². The van der Waals surface area contributed by atoms with E-state index >= 15 is 0 Å². The van der Waals surface area contributed by atoms with E-state index in [9.17, 15) is 4.39 Å². The van der Waals surface area contributed by atoms with Gasteiger partial charge in [0.1, 0.15) is 5.82 Å². The van der Waals surface area contributed by atoms with Gasteiger partial charge in [0.25, 0.3) is 0 Å². The van der Waals surface area contributed by atoms with E-state index in [1.165, 1.54) is 12.1 Å². The average molecular weight is 312 g/mol. The fraction of sp³-hybridized carbons (Fsp3) is 0.308. The standard InChI is InChI=1S/C13H15BrFN3/c1-9(12-4-3-10(15)7-13(12)14)16-8-11-5-6-18(2)17-11/h3-7,9,16H,8H2,1-2H3. The first-order valence-electron chi connectivity index (χ1n) is 5.73. The Morgan fingerprint density at radius 2 is 2.22 bits per heavy atom. The van der Waals surface area contributed by atoms with E-state index in [-0.39, 0.29) is 11.9 Å². The number of benzene rings is 1. The van der Waals surface area contributed by atoms with Crippen molar-refractivity contribution in [3.8, 4) is 0 Å². The number of hydrogen-bond acceptors (Lipinski definition) is 2. The summed E-state index contributed by atoms with van der Waals surface area (Å²) in [7, 11) is 1.89. The highest BCUT2D eigenvalue weighted by molar-refractivity contribution is 9.10. The number of halogens is 2. The molecule has 0 amide bonds. The zero-order valence-electron chi connectivity index (χ0n) is 10.3. The summed E-state index contributed by atoms with van der Waals surface area (Å²) >= 11 is 3.38. The van der Waals surface area contributed by atoms with Crippen molar-refractivity contribution in [1.29, 1.82) is 0 Å². The van der Waals surface area contributed by atoms with Gasteiger partial charge in [0, 0.05) is 30.3 Å². The SMILES string of the molecule is CC(NCc1ccn(C)n1)c1ccc(F)cc1Br. The van der Waals surface area contributed by atoms with Crippen LogP contribution in [0.5, 0.6) is 0 Å². The molecule has 5 heteroatoms. The summed E-state index contributed by atoms with van der Waals surface area (Å²) in [6.07, 6.45) is 1.91. The molecular weight excluding hydrogens is 297 g/mol. The quantitative estimate of drug-likeness (QED) is 0.940. The fourth-order valence-corrected chi connectivity index (χ4v) is 2.47. The third kappa shape index (κ3) is 3.17. The average Bonchev–Trinajstić information content (AvgIpc) is 2.72. The Bertz CT molecular complexity index is 539. The summed E-state index contributed by atoms with van der Waals surface area (Å²) in [4.78, 5) is 0. The molecule has 0 aliphatic heterocycles. The van der Waals surface area contributed by atoms with Crippen molar-refractivity contribution in [2.24, 2.45) is 7.05 Å². The van der Waals surface area contributed by atoms with Crippen LogP contribution in [0.25, 0.3) is 0 Å². The molecule has 0 saturated heterocycles. The number of nitrogens with zero attached hydrogens (tertiary/aromatic N) is 2. The highest BCUT2D eigenvalue weighted by Crippen LogP contribution is 2.24. The lowest BCUT2D eigenvalue weighted by Gasteiger charge is -2.15. The molecule has 0 aliphatic rings. The minimum atomic E-state index is -0.234. The van der Waals surface area contributed by atoms with E-state index in [0.717, 1.165) is 15.7 Å². The topological polar surface area (TPSA) is 29.9 Å². The summed E-state index contributed by atoms with van der Waals surface area (Å²) in [5, 5.41) is 7.66. The number of hydrogen-bond donors (Lipinski definition) is 1. The van der Waals surface area contributed by atoms with Crippen LogP contribution in [-0.4, -0.2) is 9.78 Å². The van der Waals surface area contributed by atoms with Gasteiger partial charge in [0.15, 0.2) is 0 Å². The lowest BCUT2D eigenvalue weighted by atomic mass is 10.1. The van der Waals surface area contributed by atoms with Crippen molar-refractivity contribution in [1.82, 2.24) is 15.1 Å². The van der Waals surface area contributed by atoms with Gasteiger partial charge >= 0.3 is 0 Å². The minimum absolute atomic E-state index is 0.127. The lowest BCUT2D eigenvalue weighted by Crippen LogP contribution is -2.19. The summed E-state index contributed by atoms with van der Waals surface area (Å²) in [5.74, 6) is -0.234. The van der Waals surface area contributed by atoms with Gasteiger partial charge in [-0.3, -0.25) is 4.68 Å². The molecule has 1 atom stereocenters. The van der Waals surface area contributed by atoms with Crippen molar-refractivity contribution in [3.05, 3.63) is 52.0 Å². The maximum Gasteiger partial charge on any atom is 0.124 e. The number of aromatic nitrogens is 2. The Morgan fingerprint density at radius 3 is 2.83 bits per heavy atom. The smallest absolute Gasteiger partial charge is 0.124 e. The van der Waals surface area contributed by atoms with Crippen molar-refractivity contribution < 1.29 is 4.39 Å². The van der Waals surface area contributed by atoms with E-state index in [2.05, 4.69) is 26.3 Å². The molecule has 0 aliphatic carbocycles. The molecule has 1 unspecified atom stereocenters. The normalized spacial score (nSPS) is 12.7. The van der Waals surface area contributed by atoms with Crippen LogP contribution in [0.3, 0.4) is 0 Å². The highest BCUT2D eigenvalue weighted by atomic mass is 79.9. The van der Waals surface area contributed by atoms with E-state index in [1.807, 2.05) is 26.2 Å². The molecule has 0 spiro atoms. The van der Waals surface area contributed by atoms with Crippen LogP contribution in [0.15, 0.2) is 34.9 Å². The van der Waals surface area contributed by atoms with Crippen LogP contribution >= 0.6 is 15.9 Å². The molecule has 1 aromatic heterocycles. The Morgan fingerprint density at radius 1 is 1.44 bits per heavy atom. The molecule has 2 rings (SSSR count). The molecule has 0 bridgehead atoms. The van der Waals surface area contributed by atoms with Crippen molar-refractivity contribution >= 4 is 15.9 Å². The van der Waals surface area contributed by atoms with Gasteiger partial charge in [-0.15, -0.1) is 0 Å². The second kappa shape index (κ2) is 5.63. The monoisotopic (exact) mass is 311 g/mol. The summed E-state index contributed by atoms with van der Waals surface area (Å²) in [6, 6.07) is 6.84. The first kappa shape index (κ1) is 13.2. The van der Waals surface area contributed by atoms with E-state index in [1.54, 1.807) is 10.7 Å². The van der Waals surface area contributed by atoms with Gasteiger partial charge in [0.2, 0.25) is 0 Å². The fourth-order valence-electron chi connectivity index (χ4n) is 1.78. The Labute approximate surface area is 114 Å². The summed E-state index contributed by atoms with van der Waals surface area (Å²) in [6.45, 7) is 2.73. The second-order valence-corrected chi connectivity index (χ2v) is 5.10. The van der Waals surface area contributed by atoms with Crippen LogP contribution in [0.4, 0.5) is 4.39 Å². The van der Waals surface area contributed by atoms with Gasteiger partial charge < -0.3 is 5.32 Å². The number of aryl methyl sites for hydroxylation is 1. The maximum absolute atomic E-state index is 13.0.